The molecule has 0 aliphatic heterocycles. The Labute approximate surface area is 127 Å². The van der Waals surface area contributed by atoms with Crippen molar-refractivity contribution in [2.24, 2.45) is 0 Å². The first-order valence-electron chi connectivity index (χ1n) is 7.37. The fourth-order valence-electron chi connectivity index (χ4n) is 2.95. The predicted octanol–water partition coefficient (Wildman–Crippen LogP) is 4.65. The number of hydrogen-bond donors (Lipinski definition) is 1. The van der Waals surface area contributed by atoms with Crippen molar-refractivity contribution in [1.82, 2.24) is 4.98 Å². The van der Waals surface area contributed by atoms with Gasteiger partial charge in [0.1, 0.15) is 5.69 Å². The van der Waals surface area contributed by atoms with Gasteiger partial charge in [0.25, 0.3) is 0 Å². The van der Waals surface area contributed by atoms with Crippen LogP contribution < -0.4 is 0 Å². The molecule has 0 amide bonds. The van der Waals surface area contributed by atoms with E-state index in [9.17, 15) is 4.79 Å². The van der Waals surface area contributed by atoms with Crippen LogP contribution in [0.4, 0.5) is 0 Å². The third-order valence-electron chi connectivity index (χ3n) is 3.98. The number of benzene rings is 3. The summed E-state index contributed by atoms with van der Waals surface area (Å²) in [5.41, 5.74) is 1.45. The molecular formula is C19H15NO2. The van der Waals surface area contributed by atoms with Crippen molar-refractivity contribution in [2.75, 3.05) is 6.61 Å². The highest BCUT2D eigenvalue weighted by atomic mass is 16.5. The fourth-order valence-corrected chi connectivity index (χ4v) is 2.95. The van der Waals surface area contributed by atoms with E-state index in [-0.39, 0.29) is 5.97 Å². The molecule has 0 aliphatic rings. The van der Waals surface area contributed by atoms with Crippen molar-refractivity contribution >= 4 is 38.4 Å². The Balaban J connectivity index is 2.00. The van der Waals surface area contributed by atoms with Gasteiger partial charge in [-0.05, 0) is 52.7 Å². The van der Waals surface area contributed by atoms with Gasteiger partial charge in [0.15, 0.2) is 0 Å². The highest BCUT2D eigenvalue weighted by Crippen LogP contribution is 2.30. The Morgan fingerprint density at radius 1 is 0.955 bits per heavy atom. The molecule has 1 heterocycles. The summed E-state index contributed by atoms with van der Waals surface area (Å²) in [6.07, 6.45) is 0. The first-order valence-corrected chi connectivity index (χ1v) is 7.37. The van der Waals surface area contributed by atoms with Gasteiger partial charge in [-0.1, -0.05) is 30.3 Å². The largest absolute Gasteiger partial charge is 0.461 e. The molecule has 0 unspecified atom stereocenters. The lowest BCUT2D eigenvalue weighted by Crippen LogP contribution is -2.04. The Hall–Kier alpha value is -2.81. The van der Waals surface area contributed by atoms with Crippen molar-refractivity contribution in [2.45, 2.75) is 6.92 Å². The minimum atomic E-state index is -0.312. The molecule has 1 N–H and O–H groups in total. The third-order valence-corrected chi connectivity index (χ3v) is 3.98. The van der Waals surface area contributed by atoms with Gasteiger partial charge in [-0.2, -0.15) is 0 Å². The molecule has 3 heteroatoms. The third kappa shape index (κ3) is 1.94. The van der Waals surface area contributed by atoms with Crippen LogP contribution in [0.3, 0.4) is 0 Å². The Morgan fingerprint density at radius 3 is 2.50 bits per heavy atom. The lowest BCUT2D eigenvalue weighted by molar-refractivity contribution is 0.0520. The van der Waals surface area contributed by atoms with Crippen LogP contribution >= 0.6 is 0 Å². The Morgan fingerprint density at radius 2 is 1.73 bits per heavy atom. The molecule has 4 rings (SSSR count). The molecule has 0 saturated carbocycles. The number of fused-ring (bicyclic) bond motifs is 4. The number of ether oxygens (including phenoxy) is 1. The molecule has 3 aromatic carbocycles. The first-order chi connectivity index (χ1) is 10.8. The molecule has 3 nitrogen and oxygen atoms in total. The van der Waals surface area contributed by atoms with E-state index >= 15 is 0 Å². The minimum Gasteiger partial charge on any atom is -0.461 e. The lowest BCUT2D eigenvalue weighted by atomic mass is 10.0. The van der Waals surface area contributed by atoms with Crippen LogP contribution in [0.1, 0.15) is 17.4 Å². The maximum atomic E-state index is 11.9. The van der Waals surface area contributed by atoms with Gasteiger partial charge in [0, 0.05) is 10.9 Å². The van der Waals surface area contributed by atoms with E-state index in [1.54, 1.807) is 0 Å². The van der Waals surface area contributed by atoms with Gasteiger partial charge in [-0.15, -0.1) is 0 Å². The Kier molecular flexibility index (Phi) is 2.86. The standard InChI is InChI=1S/C19H15NO2/c1-2-22-19(21)18-11-16-15-10-13-6-4-3-5-12(13)9-14(15)7-8-17(16)20-18/h3-11,20H,2H2,1H3. The number of rotatable bonds is 2. The molecule has 0 aliphatic carbocycles. The van der Waals surface area contributed by atoms with Gasteiger partial charge in [-0.3, -0.25) is 0 Å². The van der Waals surface area contributed by atoms with E-state index in [0.29, 0.717) is 12.3 Å². The highest BCUT2D eigenvalue weighted by Gasteiger charge is 2.12. The zero-order valence-corrected chi connectivity index (χ0v) is 12.2. The highest BCUT2D eigenvalue weighted by molar-refractivity contribution is 6.13. The van der Waals surface area contributed by atoms with Crippen LogP contribution in [-0.2, 0) is 4.74 Å². The monoisotopic (exact) mass is 289 g/mol. The SMILES string of the molecule is CCOC(=O)c1cc2c(ccc3cc4ccccc4cc32)[nH]1. The zero-order chi connectivity index (χ0) is 15.1. The van der Waals surface area contributed by atoms with Gasteiger partial charge < -0.3 is 9.72 Å². The topological polar surface area (TPSA) is 42.1 Å². The Bertz CT molecular complexity index is 1010. The summed E-state index contributed by atoms with van der Waals surface area (Å²) in [5.74, 6) is -0.312. The summed E-state index contributed by atoms with van der Waals surface area (Å²) in [4.78, 5) is 15.1. The second-order valence-electron chi connectivity index (χ2n) is 5.35. The molecule has 0 saturated heterocycles. The summed E-state index contributed by atoms with van der Waals surface area (Å²) in [6, 6.07) is 18.6. The van der Waals surface area contributed by atoms with Crippen molar-refractivity contribution in [3.8, 4) is 0 Å². The molecule has 22 heavy (non-hydrogen) atoms. The minimum absolute atomic E-state index is 0.312. The van der Waals surface area contributed by atoms with Crippen LogP contribution in [0.15, 0.2) is 54.6 Å². The molecule has 0 spiro atoms. The van der Waals surface area contributed by atoms with E-state index < -0.39 is 0 Å². The number of hydrogen-bond acceptors (Lipinski definition) is 2. The van der Waals surface area contributed by atoms with Crippen LogP contribution in [-0.4, -0.2) is 17.6 Å². The van der Waals surface area contributed by atoms with E-state index in [0.717, 1.165) is 16.3 Å². The molecule has 0 atom stereocenters. The zero-order valence-electron chi connectivity index (χ0n) is 12.2. The quantitative estimate of drug-likeness (QED) is 0.431. The van der Waals surface area contributed by atoms with Gasteiger partial charge >= 0.3 is 5.97 Å². The van der Waals surface area contributed by atoms with Gasteiger partial charge in [-0.25, -0.2) is 4.79 Å². The van der Waals surface area contributed by atoms with Crippen molar-refractivity contribution < 1.29 is 9.53 Å². The van der Waals surface area contributed by atoms with Crippen LogP contribution in [0.25, 0.3) is 32.4 Å². The molecule has 0 fully saturated rings. The van der Waals surface area contributed by atoms with Crippen molar-refractivity contribution in [1.29, 1.82) is 0 Å². The van der Waals surface area contributed by atoms with Gasteiger partial charge in [0.05, 0.1) is 6.61 Å². The molecule has 0 bridgehead atoms. The average Bonchev–Trinajstić information content (AvgIpc) is 2.98. The van der Waals surface area contributed by atoms with E-state index in [1.807, 2.05) is 31.2 Å². The summed E-state index contributed by atoms with van der Waals surface area (Å²) >= 11 is 0. The number of H-pyrrole nitrogens is 1. The normalized spacial score (nSPS) is 11.3. The van der Waals surface area contributed by atoms with Gasteiger partial charge in [0.2, 0.25) is 0 Å². The number of esters is 1. The van der Waals surface area contributed by atoms with E-state index in [1.165, 1.54) is 16.2 Å². The number of aromatic amines is 1. The predicted molar refractivity (Wildman–Crippen MR) is 89.3 cm³/mol. The number of carbonyl (C=O) groups excluding carboxylic acids is 1. The first kappa shape index (κ1) is 12.9. The second kappa shape index (κ2) is 4.88. The maximum absolute atomic E-state index is 11.9. The number of carbonyl (C=O) groups is 1. The molecule has 1 aromatic heterocycles. The molecule has 4 aromatic rings. The molecule has 108 valence electrons. The van der Waals surface area contributed by atoms with Crippen molar-refractivity contribution in [3.05, 3.63) is 60.3 Å². The van der Waals surface area contributed by atoms with Crippen LogP contribution in [0.2, 0.25) is 0 Å². The number of aromatic nitrogens is 1. The van der Waals surface area contributed by atoms with Crippen LogP contribution in [0.5, 0.6) is 0 Å². The maximum Gasteiger partial charge on any atom is 0.354 e. The van der Waals surface area contributed by atoms with E-state index in [4.69, 9.17) is 4.74 Å². The molecular weight excluding hydrogens is 274 g/mol. The van der Waals surface area contributed by atoms with Crippen LogP contribution in [0, 0.1) is 0 Å². The summed E-state index contributed by atoms with van der Waals surface area (Å²) in [7, 11) is 0. The fraction of sp³-hybridized carbons (Fsp3) is 0.105. The van der Waals surface area contributed by atoms with Crippen molar-refractivity contribution in [3.63, 3.8) is 0 Å². The smallest absolute Gasteiger partial charge is 0.354 e. The molecule has 0 radical (unpaired) electrons. The van der Waals surface area contributed by atoms with E-state index in [2.05, 4.69) is 35.3 Å². The second-order valence-corrected chi connectivity index (χ2v) is 5.35. The number of nitrogens with one attached hydrogen (secondary N) is 1. The summed E-state index contributed by atoms with van der Waals surface area (Å²) < 4.78 is 5.07. The lowest BCUT2D eigenvalue weighted by Gasteiger charge is -2.03. The summed E-state index contributed by atoms with van der Waals surface area (Å²) in [6.45, 7) is 2.18. The summed E-state index contributed by atoms with van der Waals surface area (Å²) in [5, 5.41) is 5.77. The average molecular weight is 289 g/mol.